The first-order valence-electron chi connectivity index (χ1n) is 10.7. The summed E-state index contributed by atoms with van der Waals surface area (Å²) in [5, 5.41) is 16.4. The van der Waals surface area contributed by atoms with Crippen LogP contribution in [0.2, 0.25) is 10.0 Å². The maximum atomic E-state index is 14.0. The van der Waals surface area contributed by atoms with Crippen molar-refractivity contribution in [3.8, 4) is 11.3 Å². The van der Waals surface area contributed by atoms with E-state index in [0.29, 0.717) is 43.8 Å². The third kappa shape index (κ3) is 4.07. The minimum absolute atomic E-state index is 0.00741. The minimum atomic E-state index is -0.987. The quantitative estimate of drug-likeness (QED) is 0.319. The lowest BCUT2D eigenvalue weighted by molar-refractivity contribution is -0.137. The molecule has 0 radical (unpaired) electrons. The molecule has 0 saturated carbocycles. The molecule has 0 aliphatic carbocycles. The second-order valence-corrected chi connectivity index (χ2v) is 9.05. The molecule has 1 N–H and O–H groups in total. The van der Waals surface area contributed by atoms with Crippen molar-refractivity contribution in [2.75, 3.05) is 0 Å². The summed E-state index contributed by atoms with van der Waals surface area (Å²) in [6.07, 6.45) is 0. The summed E-state index contributed by atoms with van der Waals surface area (Å²) in [6, 6.07) is 16.7. The van der Waals surface area contributed by atoms with Crippen molar-refractivity contribution in [3.05, 3.63) is 98.1 Å². The van der Waals surface area contributed by atoms with Gasteiger partial charge in [-0.1, -0.05) is 47.5 Å². The van der Waals surface area contributed by atoms with Gasteiger partial charge in [0, 0.05) is 32.6 Å². The molecular formula is C26H18Cl2FN3O3. The summed E-state index contributed by atoms with van der Waals surface area (Å²) in [5.74, 6) is -1.57. The molecule has 0 spiro atoms. The molecule has 9 heteroatoms. The Morgan fingerprint density at radius 2 is 1.77 bits per heavy atom. The molecule has 0 saturated heterocycles. The zero-order chi connectivity index (χ0) is 24.9. The first kappa shape index (κ1) is 23.1. The van der Waals surface area contributed by atoms with Gasteiger partial charge in [-0.05, 0) is 48.9 Å². The highest BCUT2D eigenvalue weighted by Gasteiger charge is 2.22. The number of benzene rings is 3. The standard InChI is InChI=1S/C26H18Cl2FN3O3/c1-14-24(19-11-16(27)7-9-22(19)31(14)13-23(33)34)25-17-4-2-3-5-18(17)26(35)32(30-25)12-15-6-8-20(28)21(29)10-15/h2-11H,12-13H2,1H3,(H,33,34). The average molecular weight is 510 g/mol. The molecule has 0 amide bonds. The Morgan fingerprint density at radius 3 is 2.49 bits per heavy atom. The van der Waals surface area contributed by atoms with Gasteiger partial charge in [0.15, 0.2) is 0 Å². The van der Waals surface area contributed by atoms with Crippen molar-refractivity contribution in [1.82, 2.24) is 14.3 Å². The van der Waals surface area contributed by atoms with Gasteiger partial charge in [-0.15, -0.1) is 0 Å². The minimum Gasteiger partial charge on any atom is -0.480 e. The summed E-state index contributed by atoms with van der Waals surface area (Å²) < 4.78 is 17.0. The van der Waals surface area contributed by atoms with Gasteiger partial charge in [0.25, 0.3) is 5.56 Å². The van der Waals surface area contributed by atoms with E-state index in [-0.39, 0.29) is 23.7 Å². The van der Waals surface area contributed by atoms with Crippen LogP contribution in [0.1, 0.15) is 11.3 Å². The van der Waals surface area contributed by atoms with Crippen LogP contribution in [-0.4, -0.2) is 25.4 Å². The van der Waals surface area contributed by atoms with Crippen molar-refractivity contribution in [1.29, 1.82) is 0 Å². The van der Waals surface area contributed by atoms with Crippen LogP contribution >= 0.6 is 23.2 Å². The van der Waals surface area contributed by atoms with Crippen LogP contribution in [0.4, 0.5) is 4.39 Å². The highest BCUT2D eigenvalue weighted by Crippen LogP contribution is 2.37. The third-order valence-corrected chi connectivity index (χ3v) is 6.54. The number of fused-ring (bicyclic) bond motifs is 2. The maximum Gasteiger partial charge on any atom is 0.323 e. The Kier molecular flexibility index (Phi) is 5.83. The number of aromatic nitrogens is 3. The largest absolute Gasteiger partial charge is 0.480 e. The van der Waals surface area contributed by atoms with Crippen LogP contribution in [0, 0.1) is 12.7 Å². The molecule has 0 aliphatic heterocycles. The molecule has 0 aliphatic rings. The van der Waals surface area contributed by atoms with Crippen molar-refractivity contribution >= 4 is 50.8 Å². The fourth-order valence-electron chi connectivity index (χ4n) is 4.43. The number of carboxylic acid groups (broad SMARTS) is 1. The molecule has 0 atom stereocenters. The predicted octanol–water partition coefficient (Wildman–Crippen LogP) is 5.91. The summed E-state index contributed by atoms with van der Waals surface area (Å²) >= 11 is 12.1. The van der Waals surface area contributed by atoms with Crippen molar-refractivity contribution in [2.45, 2.75) is 20.0 Å². The van der Waals surface area contributed by atoms with Crippen molar-refractivity contribution in [3.63, 3.8) is 0 Å². The molecule has 6 nitrogen and oxygen atoms in total. The van der Waals surface area contributed by atoms with Gasteiger partial charge < -0.3 is 9.67 Å². The Bertz CT molecular complexity index is 1710. The molecule has 2 heterocycles. The molecule has 2 aromatic heterocycles. The fraction of sp³-hybridized carbons (Fsp3) is 0.115. The van der Waals surface area contributed by atoms with Gasteiger partial charge in [-0.3, -0.25) is 9.59 Å². The highest BCUT2D eigenvalue weighted by molar-refractivity contribution is 6.31. The first-order valence-corrected chi connectivity index (χ1v) is 11.4. The molecule has 0 unspecified atom stereocenters. The van der Waals surface area contributed by atoms with Gasteiger partial charge in [0.05, 0.1) is 17.0 Å². The molecular weight excluding hydrogens is 492 g/mol. The van der Waals surface area contributed by atoms with Gasteiger partial charge in [-0.25, -0.2) is 9.07 Å². The third-order valence-electron chi connectivity index (χ3n) is 6.00. The lowest BCUT2D eigenvalue weighted by Crippen LogP contribution is -2.24. The number of hydrogen-bond donors (Lipinski definition) is 1. The molecule has 3 aromatic carbocycles. The van der Waals surface area contributed by atoms with Crippen molar-refractivity contribution < 1.29 is 14.3 Å². The van der Waals surface area contributed by atoms with E-state index in [2.05, 4.69) is 0 Å². The highest BCUT2D eigenvalue weighted by atomic mass is 35.5. The summed E-state index contributed by atoms with van der Waals surface area (Å²) in [5.41, 5.74) is 2.73. The van der Waals surface area contributed by atoms with Gasteiger partial charge in [0.1, 0.15) is 18.1 Å². The number of hydrogen-bond acceptors (Lipinski definition) is 3. The van der Waals surface area contributed by atoms with Gasteiger partial charge in [-0.2, -0.15) is 5.10 Å². The normalized spacial score (nSPS) is 11.4. The van der Waals surface area contributed by atoms with Gasteiger partial charge >= 0.3 is 5.97 Å². The van der Waals surface area contributed by atoms with Crippen molar-refractivity contribution in [2.24, 2.45) is 0 Å². The van der Waals surface area contributed by atoms with E-state index in [4.69, 9.17) is 28.3 Å². The zero-order valence-electron chi connectivity index (χ0n) is 18.4. The number of aliphatic carboxylic acids is 1. The molecule has 0 bridgehead atoms. The Morgan fingerprint density at radius 1 is 1.03 bits per heavy atom. The Balaban J connectivity index is 1.81. The number of carboxylic acids is 1. The number of halogens is 3. The summed E-state index contributed by atoms with van der Waals surface area (Å²) in [4.78, 5) is 24.9. The molecule has 5 aromatic rings. The Hall–Kier alpha value is -3.68. The van der Waals surface area contributed by atoms with E-state index < -0.39 is 11.8 Å². The first-order chi connectivity index (χ1) is 16.7. The van der Waals surface area contributed by atoms with E-state index in [1.807, 2.05) is 13.0 Å². The number of carbonyl (C=O) groups is 1. The maximum absolute atomic E-state index is 14.0. The monoisotopic (exact) mass is 509 g/mol. The van der Waals surface area contributed by atoms with Crippen LogP contribution in [0.3, 0.4) is 0 Å². The number of nitrogens with zero attached hydrogens (tertiary/aromatic N) is 3. The average Bonchev–Trinajstić information content (AvgIpc) is 3.08. The summed E-state index contributed by atoms with van der Waals surface area (Å²) in [7, 11) is 0. The van der Waals surface area contributed by atoms with Crippen LogP contribution in [0.5, 0.6) is 0 Å². The van der Waals surface area contributed by atoms with Crippen LogP contribution in [-0.2, 0) is 17.9 Å². The van der Waals surface area contributed by atoms with E-state index >= 15 is 0 Å². The second kappa shape index (κ2) is 8.83. The van der Waals surface area contributed by atoms with Crippen LogP contribution in [0.25, 0.3) is 32.9 Å². The molecule has 176 valence electrons. The Labute approximate surface area is 208 Å². The lowest BCUT2D eigenvalue weighted by Gasteiger charge is -2.12. The van der Waals surface area contributed by atoms with E-state index in [1.54, 1.807) is 47.0 Å². The van der Waals surface area contributed by atoms with Gasteiger partial charge in [0.2, 0.25) is 0 Å². The second-order valence-electron chi connectivity index (χ2n) is 8.21. The van der Waals surface area contributed by atoms with Crippen LogP contribution in [0.15, 0.2) is 65.5 Å². The smallest absolute Gasteiger partial charge is 0.323 e. The SMILES string of the molecule is Cc1c(-c2nn(Cc3ccc(Cl)c(F)c3)c(=O)c3ccccc23)c2cc(Cl)ccc2n1CC(=O)O. The van der Waals surface area contributed by atoms with Crippen LogP contribution < -0.4 is 5.56 Å². The summed E-state index contributed by atoms with van der Waals surface area (Å²) in [6.45, 7) is 1.59. The zero-order valence-corrected chi connectivity index (χ0v) is 19.9. The molecule has 0 fully saturated rings. The lowest BCUT2D eigenvalue weighted by atomic mass is 10.0. The van der Waals surface area contributed by atoms with E-state index in [9.17, 15) is 19.1 Å². The topological polar surface area (TPSA) is 77.1 Å². The van der Waals surface area contributed by atoms with E-state index in [1.165, 1.54) is 16.8 Å². The van der Waals surface area contributed by atoms with E-state index in [0.717, 1.165) is 5.39 Å². The predicted molar refractivity (Wildman–Crippen MR) is 135 cm³/mol. The fourth-order valence-corrected chi connectivity index (χ4v) is 4.72. The number of rotatable bonds is 5. The molecule has 5 rings (SSSR count). The molecule has 35 heavy (non-hydrogen) atoms.